The van der Waals surface area contributed by atoms with Gasteiger partial charge in [0.1, 0.15) is 11.1 Å². The molecule has 0 spiro atoms. The normalized spacial score (nSPS) is 10.2. The van der Waals surface area contributed by atoms with E-state index < -0.39 is 0 Å². The first-order valence-corrected chi connectivity index (χ1v) is 9.55. The van der Waals surface area contributed by atoms with Gasteiger partial charge in [0, 0.05) is 12.2 Å². The number of nitriles is 1. The number of hydrogen-bond donors (Lipinski definition) is 1. The maximum Gasteiger partial charge on any atom is 0.230 e. The van der Waals surface area contributed by atoms with E-state index in [9.17, 15) is 10.1 Å². The summed E-state index contributed by atoms with van der Waals surface area (Å²) in [5, 5.41) is 12.8. The number of rotatable bonds is 9. The van der Waals surface area contributed by atoms with Crippen LogP contribution in [0.4, 0.5) is 0 Å². The molecule has 1 amide bonds. The summed E-state index contributed by atoms with van der Waals surface area (Å²) in [6, 6.07) is 15.9. The molecule has 1 heterocycles. The smallest absolute Gasteiger partial charge is 0.230 e. The van der Waals surface area contributed by atoms with Gasteiger partial charge in [0.15, 0.2) is 0 Å². The van der Waals surface area contributed by atoms with Gasteiger partial charge in [0.2, 0.25) is 5.91 Å². The van der Waals surface area contributed by atoms with Crippen molar-refractivity contribution in [3.63, 3.8) is 0 Å². The fraction of sp³-hybridized carbons (Fsp3) is 0.350. The van der Waals surface area contributed by atoms with E-state index >= 15 is 0 Å². The third-order valence-corrected chi connectivity index (χ3v) is 4.73. The van der Waals surface area contributed by atoms with Gasteiger partial charge in [-0.1, -0.05) is 55.4 Å². The van der Waals surface area contributed by atoms with Crippen molar-refractivity contribution in [2.75, 3.05) is 12.3 Å². The van der Waals surface area contributed by atoms with Crippen molar-refractivity contribution in [2.24, 2.45) is 0 Å². The first-order chi connectivity index (χ1) is 12.2. The molecular formula is C20H23N3OS. The largest absolute Gasteiger partial charge is 0.355 e. The number of carbonyl (C=O) groups excluding carboxylic acids is 1. The standard InChI is InChI=1S/C20H23N3OS/c1-2-3-9-18-11-10-17(14-21)20(23-18)25-15-19(24)22-13-12-16-7-5-4-6-8-16/h4-8,10-11H,2-3,9,12-13,15H2,1H3,(H,22,24). The van der Waals surface area contributed by atoms with Gasteiger partial charge in [-0.15, -0.1) is 0 Å². The van der Waals surface area contributed by atoms with E-state index in [0.717, 1.165) is 31.4 Å². The maximum atomic E-state index is 12.0. The predicted octanol–water partition coefficient (Wildman–Crippen LogP) is 3.75. The zero-order valence-corrected chi connectivity index (χ0v) is 15.3. The number of thioether (sulfide) groups is 1. The molecule has 0 radical (unpaired) electrons. The summed E-state index contributed by atoms with van der Waals surface area (Å²) in [4.78, 5) is 16.6. The molecule has 0 atom stereocenters. The highest BCUT2D eigenvalue weighted by Crippen LogP contribution is 2.21. The SMILES string of the molecule is CCCCc1ccc(C#N)c(SCC(=O)NCCc2ccccc2)n1. The molecule has 1 aromatic carbocycles. The molecule has 0 saturated carbocycles. The number of nitrogens with zero attached hydrogens (tertiary/aromatic N) is 2. The Bertz CT molecular complexity index is 725. The average molecular weight is 353 g/mol. The van der Waals surface area contributed by atoms with Gasteiger partial charge in [0.05, 0.1) is 11.3 Å². The lowest BCUT2D eigenvalue weighted by molar-refractivity contribution is -0.118. The molecule has 0 aliphatic heterocycles. The van der Waals surface area contributed by atoms with Crippen LogP contribution in [0, 0.1) is 11.3 Å². The van der Waals surface area contributed by atoms with E-state index in [4.69, 9.17) is 0 Å². The van der Waals surface area contributed by atoms with Crippen LogP contribution in [0.3, 0.4) is 0 Å². The quantitative estimate of drug-likeness (QED) is 0.697. The molecule has 4 nitrogen and oxygen atoms in total. The molecule has 0 fully saturated rings. The molecule has 0 saturated heterocycles. The van der Waals surface area contributed by atoms with E-state index in [-0.39, 0.29) is 11.7 Å². The van der Waals surface area contributed by atoms with Gasteiger partial charge in [-0.3, -0.25) is 4.79 Å². The van der Waals surface area contributed by atoms with Crippen LogP contribution < -0.4 is 5.32 Å². The highest BCUT2D eigenvalue weighted by molar-refractivity contribution is 8.00. The minimum Gasteiger partial charge on any atom is -0.355 e. The summed E-state index contributed by atoms with van der Waals surface area (Å²) in [6.07, 6.45) is 3.89. The van der Waals surface area contributed by atoms with Crippen LogP contribution in [0.1, 0.15) is 36.6 Å². The van der Waals surface area contributed by atoms with Crippen molar-refractivity contribution < 1.29 is 4.79 Å². The lowest BCUT2D eigenvalue weighted by Gasteiger charge is -2.07. The second kappa shape index (κ2) is 10.5. The molecule has 5 heteroatoms. The van der Waals surface area contributed by atoms with Gasteiger partial charge < -0.3 is 5.32 Å². The highest BCUT2D eigenvalue weighted by Gasteiger charge is 2.09. The van der Waals surface area contributed by atoms with Crippen molar-refractivity contribution in [2.45, 2.75) is 37.6 Å². The lowest BCUT2D eigenvalue weighted by atomic mass is 10.1. The number of nitrogens with one attached hydrogen (secondary N) is 1. The predicted molar refractivity (Wildman–Crippen MR) is 101 cm³/mol. The summed E-state index contributed by atoms with van der Waals surface area (Å²) in [5.41, 5.74) is 2.71. The fourth-order valence-electron chi connectivity index (χ4n) is 2.35. The summed E-state index contributed by atoms with van der Waals surface area (Å²) in [5.74, 6) is 0.235. The van der Waals surface area contributed by atoms with E-state index in [1.165, 1.54) is 17.3 Å². The molecule has 0 unspecified atom stereocenters. The van der Waals surface area contributed by atoms with E-state index in [1.54, 1.807) is 6.07 Å². The molecule has 0 aliphatic rings. The van der Waals surface area contributed by atoms with Crippen molar-refractivity contribution >= 4 is 17.7 Å². The topological polar surface area (TPSA) is 65.8 Å². The Morgan fingerprint density at radius 1 is 1.20 bits per heavy atom. The van der Waals surface area contributed by atoms with Crippen molar-refractivity contribution in [3.8, 4) is 6.07 Å². The van der Waals surface area contributed by atoms with Gasteiger partial charge in [-0.25, -0.2) is 4.98 Å². The number of pyridine rings is 1. The maximum absolute atomic E-state index is 12.0. The van der Waals surface area contributed by atoms with Crippen molar-refractivity contribution in [1.82, 2.24) is 10.3 Å². The Kier molecular flexibility index (Phi) is 8.00. The molecular weight excluding hydrogens is 330 g/mol. The van der Waals surface area contributed by atoms with E-state index in [1.807, 2.05) is 36.4 Å². The second-order valence-electron chi connectivity index (χ2n) is 5.74. The number of benzene rings is 1. The van der Waals surface area contributed by atoms with Crippen LogP contribution in [-0.2, 0) is 17.6 Å². The molecule has 1 aromatic heterocycles. The molecule has 130 valence electrons. The van der Waals surface area contributed by atoms with Gasteiger partial charge >= 0.3 is 0 Å². The fourth-order valence-corrected chi connectivity index (χ4v) is 3.17. The van der Waals surface area contributed by atoms with E-state index in [0.29, 0.717) is 17.1 Å². The number of aromatic nitrogens is 1. The van der Waals surface area contributed by atoms with Crippen LogP contribution in [-0.4, -0.2) is 23.2 Å². The monoisotopic (exact) mass is 353 g/mol. The number of aryl methyl sites for hydroxylation is 1. The summed E-state index contributed by atoms with van der Waals surface area (Å²) < 4.78 is 0. The van der Waals surface area contributed by atoms with Crippen molar-refractivity contribution in [1.29, 1.82) is 5.26 Å². The highest BCUT2D eigenvalue weighted by atomic mass is 32.2. The third kappa shape index (κ3) is 6.60. The van der Waals surface area contributed by atoms with Gasteiger partial charge in [-0.2, -0.15) is 5.26 Å². The Morgan fingerprint density at radius 2 is 2.00 bits per heavy atom. The summed E-state index contributed by atoms with van der Waals surface area (Å²) in [6.45, 7) is 2.75. The first-order valence-electron chi connectivity index (χ1n) is 8.56. The lowest BCUT2D eigenvalue weighted by Crippen LogP contribution is -2.27. The Labute approximate surface area is 153 Å². The number of hydrogen-bond acceptors (Lipinski definition) is 4. The molecule has 0 aliphatic carbocycles. The number of carbonyl (C=O) groups is 1. The van der Waals surface area contributed by atoms with Crippen LogP contribution in [0.25, 0.3) is 0 Å². The number of unbranched alkanes of at least 4 members (excludes halogenated alkanes) is 1. The first kappa shape index (κ1) is 19.0. The summed E-state index contributed by atoms with van der Waals surface area (Å²) in [7, 11) is 0. The van der Waals surface area contributed by atoms with Crippen molar-refractivity contribution in [3.05, 3.63) is 59.3 Å². The third-order valence-electron chi connectivity index (χ3n) is 3.74. The molecule has 0 bridgehead atoms. The van der Waals surface area contributed by atoms with Crippen LogP contribution in [0.2, 0.25) is 0 Å². The van der Waals surface area contributed by atoms with Gasteiger partial charge in [-0.05, 0) is 37.0 Å². The second-order valence-corrected chi connectivity index (χ2v) is 6.71. The van der Waals surface area contributed by atoms with Crippen LogP contribution in [0.5, 0.6) is 0 Å². The summed E-state index contributed by atoms with van der Waals surface area (Å²) >= 11 is 1.33. The Balaban J connectivity index is 1.82. The molecule has 2 aromatic rings. The zero-order valence-electron chi connectivity index (χ0n) is 14.5. The zero-order chi connectivity index (χ0) is 17.9. The average Bonchev–Trinajstić information content (AvgIpc) is 2.65. The Morgan fingerprint density at radius 3 is 2.72 bits per heavy atom. The minimum absolute atomic E-state index is 0.0365. The van der Waals surface area contributed by atoms with E-state index in [2.05, 4.69) is 23.3 Å². The van der Waals surface area contributed by atoms with Crippen LogP contribution >= 0.6 is 11.8 Å². The van der Waals surface area contributed by atoms with Crippen LogP contribution in [0.15, 0.2) is 47.5 Å². The molecule has 2 rings (SSSR count). The molecule has 25 heavy (non-hydrogen) atoms. The Hall–Kier alpha value is -2.32. The number of amides is 1. The van der Waals surface area contributed by atoms with Gasteiger partial charge in [0.25, 0.3) is 0 Å². The minimum atomic E-state index is -0.0365. The molecule has 1 N–H and O–H groups in total.